The standard InChI is InChI=1S/C35H49ClO/c1-23(2)9-8-10-24(3)28-15-16-29-27-14-13-26-21-35(20-17-25-11-6-7-12-31(25)36)32(37-35)22-34(26,5)30(27)18-19-33(28,29)4/h6-7,11-12,23-24,26-30,32H,8-10,13-16,18-19,21-22H2,1-5H3/t24-,26+,27-,28-,29+,30-,32+,33-,34-,35-/m0/s1. The maximum absolute atomic E-state index is 6.46. The second kappa shape index (κ2) is 9.59. The van der Waals surface area contributed by atoms with Crippen molar-refractivity contribution >= 4 is 11.6 Å². The fourth-order valence-corrected chi connectivity index (χ4v) is 10.7. The summed E-state index contributed by atoms with van der Waals surface area (Å²) in [6, 6.07) is 7.96. The summed E-state index contributed by atoms with van der Waals surface area (Å²) in [6.07, 6.45) is 15.6. The van der Waals surface area contributed by atoms with Gasteiger partial charge in [0.2, 0.25) is 0 Å². The lowest BCUT2D eigenvalue weighted by Gasteiger charge is -2.60. The summed E-state index contributed by atoms with van der Waals surface area (Å²) in [5.41, 5.74) is 1.74. The van der Waals surface area contributed by atoms with Crippen LogP contribution in [-0.4, -0.2) is 11.7 Å². The first-order valence-electron chi connectivity index (χ1n) is 15.6. The highest BCUT2D eigenvalue weighted by Gasteiger charge is 2.68. The van der Waals surface area contributed by atoms with Gasteiger partial charge in [-0.1, -0.05) is 89.5 Å². The molecule has 0 N–H and O–H groups in total. The molecule has 0 bridgehead atoms. The molecule has 5 fully saturated rings. The monoisotopic (exact) mass is 520 g/mol. The fraction of sp³-hybridized carbons (Fsp3) is 0.771. The average Bonchev–Trinajstić information content (AvgIpc) is 3.41. The topological polar surface area (TPSA) is 12.5 Å². The Morgan fingerprint density at radius 3 is 2.51 bits per heavy atom. The maximum Gasteiger partial charge on any atom is 0.155 e. The largest absolute Gasteiger partial charge is 0.352 e. The van der Waals surface area contributed by atoms with Crippen LogP contribution in [-0.2, 0) is 4.74 Å². The molecule has 0 unspecified atom stereocenters. The van der Waals surface area contributed by atoms with E-state index in [1.54, 1.807) is 0 Å². The Hall–Kier alpha value is -0.970. The lowest BCUT2D eigenvalue weighted by atomic mass is 9.44. The van der Waals surface area contributed by atoms with Gasteiger partial charge in [-0.3, -0.25) is 0 Å². The van der Waals surface area contributed by atoms with Crippen LogP contribution in [0.4, 0.5) is 0 Å². The Bertz CT molecular complexity index is 1070. The second-order valence-electron chi connectivity index (χ2n) is 14.8. The van der Waals surface area contributed by atoms with Crippen LogP contribution in [0.2, 0.25) is 5.02 Å². The molecule has 37 heavy (non-hydrogen) atoms. The molecule has 2 heteroatoms. The summed E-state index contributed by atoms with van der Waals surface area (Å²) < 4.78 is 6.46. The van der Waals surface area contributed by atoms with E-state index in [-0.39, 0.29) is 5.60 Å². The van der Waals surface area contributed by atoms with Crippen molar-refractivity contribution in [1.29, 1.82) is 0 Å². The van der Waals surface area contributed by atoms with E-state index in [0.29, 0.717) is 16.9 Å². The third-order valence-corrected chi connectivity index (χ3v) is 12.9. The van der Waals surface area contributed by atoms with Crippen molar-refractivity contribution in [3.05, 3.63) is 34.9 Å². The van der Waals surface area contributed by atoms with Crippen molar-refractivity contribution < 1.29 is 4.74 Å². The summed E-state index contributed by atoms with van der Waals surface area (Å²) in [5.74, 6) is 13.2. The van der Waals surface area contributed by atoms with Crippen LogP contribution < -0.4 is 0 Å². The Kier molecular flexibility index (Phi) is 6.81. The molecule has 1 aliphatic heterocycles. The van der Waals surface area contributed by atoms with Crippen molar-refractivity contribution in [2.24, 2.45) is 52.3 Å². The molecule has 1 aromatic rings. The van der Waals surface area contributed by atoms with E-state index < -0.39 is 0 Å². The third kappa shape index (κ3) is 4.42. The van der Waals surface area contributed by atoms with Gasteiger partial charge in [-0.25, -0.2) is 0 Å². The van der Waals surface area contributed by atoms with Gasteiger partial charge in [0.05, 0.1) is 5.02 Å². The molecule has 0 aromatic heterocycles. The van der Waals surface area contributed by atoms with Crippen LogP contribution in [0, 0.1) is 64.1 Å². The highest BCUT2D eigenvalue weighted by atomic mass is 35.5. The molecule has 1 heterocycles. The molecule has 5 aliphatic rings. The first kappa shape index (κ1) is 26.3. The molecule has 6 rings (SSSR count). The van der Waals surface area contributed by atoms with Crippen molar-refractivity contribution in [2.75, 3.05) is 0 Å². The van der Waals surface area contributed by atoms with Gasteiger partial charge in [-0.2, -0.15) is 0 Å². The first-order valence-corrected chi connectivity index (χ1v) is 16.0. The number of ether oxygens (including phenoxy) is 1. The molecular weight excluding hydrogens is 472 g/mol. The van der Waals surface area contributed by atoms with E-state index in [2.05, 4.69) is 46.5 Å². The van der Waals surface area contributed by atoms with Crippen LogP contribution in [0.3, 0.4) is 0 Å². The van der Waals surface area contributed by atoms with Gasteiger partial charge >= 0.3 is 0 Å². The lowest BCUT2D eigenvalue weighted by Crippen LogP contribution is -2.54. The zero-order chi connectivity index (χ0) is 26.0. The smallest absolute Gasteiger partial charge is 0.155 e. The van der Waals surface area contributed by atoms with Crippen molar-refractivity contribution in [2.45, 2.75) is 117 Å². The molecule has 4 saturated carbocycles. The third-order valence-electron chi connectivity index (χ3n) is 12.5. The SMILES string of the molecule is CC(C)CCC[C@H](C)[C@@H]1CC[C@@H]2[C@@H]3CC[C@@H]4C[C@]5(C#Cc6ccccc6Cl)O[C@@H]5C[C@]4(C)[C@H]3CC[C@]21C. The fourth-order valence-electron chi connectivity index (χ4n) is 10.5. The minimum atomic E-state index is -0.205. The lowest BCUT2D eigenvalue weighted by molar-refractivity contribution is -0.112. The Labute approximate surface area is 231 Å². The van der Waals surface area contributed by atoms with Crippen molar-refractivity contribution in [1.82, 2.24) is 0 Å². The summed E-state index contributed by atoms with van der Waals surface area (Å²) in [5, 5.41) is 0.749. The van der Waals surface area contributed by atoms with E-state index in [1.165, 1.54) is 64.2 Å². The van der Waals surface area contributed by atoms with E-state index in [1.807, 2.05) is 24.3 Å². The molecule has 1 saturated heterocycles. The molecule has 1 aromatic carbocycles. The summed E-state index contributed by atoms with van der Waals surface area (Å²) in [6.45, 7) is 12.7. The number of hydrogen-bond acceptors (Lipinski definition) is 1. The quantitative estimate of drug-likeness (QED) is 0.278. The summed E-state index contributed by atoms with van der Waals surface area (Å²) in [4.78, 5) is 0. The molecule has 0 spiro atoms. The normalized spacial score (nSPS) is 44.6. The number of benzene rings is 1. The highest BCUT2D eigenvalue weighted by Crippen LogP contribution is 2.71. The zero-order valence-corrected chi connectivity index (χ0v) is 24.7. The Morgan fingerprint density at radius 1 is 0.946 bits per heavy atom. The molecule has 0 radical (unpaired) electrons. The van der Waals surface area contributed by atoms with Gasteiger partial charge in [-0.05, 0) is 116 Å². The number of epoxide rings is 1. The molecule has 1 nitrogen and oxygen atoms in total. The van der Waals surface area contributed by atoms with Gasteiger partial charge in [0.25, 0.3) is 0 Å². The maximum atomic E-state index is 6.46. The van der Waals surface area contributed by atoms with Crippen molar-refractivity contribution in [3.8, 4) is 11.8 Å². The van der Waals surface area contributed by atoms with Gasteiger partial charge < -0.3 is 4.74 Å². The van der Waals surface area contributed by atoms with E-state index in [0.717, 1.165) is 58.4 Å². The van der Waals surface area contributed by atoms with Gasteiger partial charge in [0.15, 0.2) is 5.60 Å². The molecule has 10 atom stereocenters. The summed E-state index contributed by atoms with van der Waals surface area (Å²) >= 11 is 6.39. The average molecular weight is 521 g/mol. The van der Waals surface area contributed by atoms with Gasteiger partial charge in [0.1, 0.15) is 6.10 Å². The van der Waals surface area contributed by atoms with Crippen LogP contribution in [0.1, 0.15) is 111 Å². The molecule has 0 amide bonds. The van der Waals surface area contributed by atoms with Crippen LogP contribution in [0.5, 0.6) is 0 Å². The van der Waals surface area contributed by atoms with Gasteiger partial charge in [0, 0.05) is 5.56 Å². The summed E-state index contributed by atoms with van der Waals surface area (Å²) in [7, 11) is 0. The van der Waals surface area contributed by atoms with E-state index >= 15 is 0 Å². The Balaban J connectivity index is 1.15. The van der Waals surface area contributed by atoms with E-state index in [4.69, 9.17) is 16.3 Å². The van der Waals surface area contributed by atoms with Crippen LogP contribution in [0.25, 0.3) is 0 Å². The predicted octanol–water partition coefficient (Wildman–Crippen LogP) is 9.56. The van der Waals surface area contributed by atoms with Gasteiger partial charge in [-0.15, -0.1) is 0 Å². The van der Waals surface area contributed by atoms with Crippen molar-refractivity contribution in [3.63, 3.8) is 0 Å². The number of halogens is 1. The predicted molar refractivity (Wildman–Crippen MR) is 154 cm³/mol. The minimum Gasteiger partial charge on any atom is -0.352 e. The highest BCUT2D eigenvalue weighted by molar-refractivity contribution is 6.31. The van der Waals surface area contributed by atoms with Crippen LogP contribution >= 0.6 is 11.6 Å². The Morgan fingerprint density at radius 2 is 1.73 bits per heavy atom. The number of hydrogen-bond donors (Lipinski definition) is 0. The number of fused-ring (bicyclic) bond motifs is 6. The van der Waals surface area contributed by atoms with Crippen LogP contribution in [0.15, 0.2) is 24.3 Å². The minimum absolute atomic E-state index is 0.205. The molecule has 202 valence electrons. The second-order valence-corrected chi connectivity index (χ2v) is 15.2. The molecule has 4 aliphatic carbocycles. The molecular formula is C35H49ClO. The number of rotatable bonds is 5. The zero-order valence-electron chi connectivity index (χ0n) is 24.0. The van der Waals surface area contributed by atoms with E-state index in [9.17, 15) is 0 Å². The first-order chi connectivity index (χ1) is 17.7.